The van der Waals surface area contributed by atoms with E-state index < -0.39 is 0 Å². The molecule has 3 nitrogen and oxygen atoms in total. The highest BCUT2D eigenvalue weighted by molar-refractivity contribution is 6.30. The molecule has 2 aliphatic rings. The summed E-state index contributed by atoms with van der Waals surface area (Å²) in [6, 6.07) is 18.8. The number of halogens is 1. The molecule has 0 saturated heterocycles. The molecule has 2 aromatic carbocycles. The van der Waals surface area contributed by atoms with Crippen LogP contribution in [0.5, 0.6) is 0 Å². The van der Waals surface area contributed by atoms with Gasteiger partial charge in [0.15, 0.2) is 0 Å². The van der Waals surface area contributed by atoms with E-state index in [2.05, 4.69) is 89.8 Å². The zero-order valence-corrected chi connectivity index (χ0v) is 18.6. The largest absolute Gasteiger partial charge is 0.360 e. The maximum atomic E-state index is 6.15. The molecule has 1 atom stereocenters. The first-order valence-electron chi connectivity index (χ1n) is 10.9. The lowest BCUT2D eigenvalue weighted by Crippen LogP contribution is -2.37. The summed E-state index contributed by atoms with van der Waals surface area (Å²) in [6.07, 6.45) is 9.23. The fraction of sp³-hybridized carbons (Fsp3) is 0.308. The summed E-state index contributed by atoms with van der Waals surface area (Å²) in [5.41, 5.74) is 6.18. The van der Waals surface area contributed by atoms with E-state index >= 15 is 0 Å². The topological polar surface area (TPSA) is 18.5 Å². The Morgan fingerprint density at radius 2 is 1.63 bits per heavy atom. The van der Waals surface area contributed by atoms with Crippen molar-refractivity contribution < 1.29 is 0 Å². The van der Waals surface area contributed by atoms with E-state index in [1.54, 1.807) is 0 Å². The van der Waals surface area contributed by atoms with Crippen LogP contribution < -0.4 is 5.32 Å². The van der Waals surface area contributed by atoms with Gasteiger partial charge in [-0.05, 0) is 60.8 Å². The lowest BCUT2D eigenvalue weighted by atomic mass is 10.0. The van der Waals surface area contributed by atoms with Gasteiger partial charge in [0.05, 0.1) is 11.4 Å². The predicted molar refractivity (Wildman–Crippen MR) is 128 cm³/mol. The van der Waals surface area contributed by atoms with Gasteiger partial charge in [-0.15, -0.1) is 0 Å². The minimum Gasteiger partial charge on any atom is -0.360 e. The monoisotopic (exact) mass is 419 g/mol. The van der Waals surface area contributed by atoms with Crippen LogP contribution in [0.3, 0.4) is 0 Å². The fourth-order valence-corrected chi connectivity index (χ4v) is 4.35. The molecule has 4 heteroatoms. The van der Waals surface area contributed by atoms with Crippen molar-refractivity contribution in [2.75, 3.05) is 19.6 Å². The highest BCUT2D eigenvalue weighted by Gasteiger charge is 2.32. The number of hydrogen-bond donors (Lipinski definition) is 1. The van der Waals surface area contributed by atoms with E-state index in [0.717, 1.165) is 37.5 Å². The van der Waals surface area contributed by atoms with Gasteiger partial charge in [-0.25, -0.2) is 0 Å². The van der Waals surface area contributed by atoms with Crippen molar-refractivity contribution in [3.8, 4) is 0 Å². The van der Waals surface area contributed by atoms with Crippen LogP contribution >= 0.6 is 11.6 Å². The van der Waals surface area contributed by atoms with Crippen molar-refractivity contribution in [1.29, 1.82) is 0 Å². The van der Waals surface area contributed by atoms with E-state index in [4.69, 9.17) is 11.6 Å². The highest BCUT2D eigenvalue weighted by Crippen LogP contribution is 2.34. The Balaban J connectivity index is 1.73. The maximum absolute atomic E-state index is 6.15. The number of nitrogens with zero attached hydrogens (tertiary/aromatic N) is 2. The van der Waals surface area contributed by atoms with E-state index in [1.165, 1.54) is 28.1 Å². The summed E-state index contributed by atoms with van der Waals surface area (Å²) in [6.45, 7) is 7.65. The van der Waals surface area contributed by atoms with Crippen molar-refractivity contribution in [2.24, 2.45) is 0 Å². The van der Waals surface area contributed by atoms with Gasteiger partial charge >= 0.3 is 0 Å². The summed E-state index contributed by atoms with van der Waals surface area (Å²) >= 11 is 6.15. The number of allylic oxidation sites excluding steroid dienone is 2. The minimum absolute atomic E-state index is 0.142. The van der Waals surface area contributed by atoms with Gasteiger partial charge in [0.1, 0.15) is 6.17 Å². The maximum Gasteiger partial charge on any atom is 0.123 e. The van der Waals surface area contributed by atoms with Crippen LogP contribution in [0.4, 0.5) is 0 Å². The minimum atomic E-state index is 0.142. The normalized spacial score (nSPS) is 17.9. The summed E-state index contributed by atoms with van der Waals surface area (Å²) in [5.74, 6) is 0. The highest BCUT2D eigenvalue weighted by atomic mass is 35.5. The average Bonchev–Trinajstić information content (AvgIpc) is 3.13. The molecule has 0 aromatic heterocycles. The number of fused-ring (bicyclic) bond motifs is 1. The molecular formula is C26H30ClN3. The van der Waals surface area contributed by atoms with Crippen LogP contribution in [-0.4, -0.2) is 35.6 Å². The van der Waals surface area contributed by atoms with Gasteiger partial charge in [0, 0.05) is 17.8 Å². The van der Waals surface area contributed by atoms with E-state index in [1.807, 2.05) is 12.1 Å². The molecule has 0 spiro atoms. The molecule has 30 heavy (non-hydrogen) atoms. The summed E-state index contributed by atoms with van der Waals surface area (Å²) in [7, 11) is 0. The molecule has 0 aliphatic carbocycles. The second-order valence-electron chi connectivity index (χ2n) is 7.91. The van der Waals surface area contributed by atoms with Crippen molar-refractivity contribution >= 4 is 22.9 Å². The van der Waals surface area contributed by atoms with Crippen molar-refractivity contribution in [2.45, 2.75) is 32.9 Å². The zero-order chi connectivity index (χ0) is 20.9. The summed E-state index contributed by atoms with van der Waals surface area (Å²) < 4.78 is 0. The third kappa shape index (κ3) is 4.48. The molecule has 0 fully saturated rings. The number of hydrogen-bond acceptors (Lipinski definition) is 3. The number of benzene rings is 2. The standard InChI is InChI=1S/C26H30ClN3/c1-3-16-29(17-4-2)19-24-26(21-10-13-23(27)14-11-21)28-25-15-12-22(18-30(24)25)20-8-6-5-7-9-20/h5-15,18,25,28H,3-4,16-17,19H2,1-2H3. The smallest absolute Gasteiger partial charge is 0.123 e. The Labute approximate surface area is 185 Å². The number of nitrogens with one attached hydrogen (secondary N) is 1. The van der Waals surface area contributed by atoms with Crippen LogP contribution in [0.2, 0.25) is 5.02 Å². The SMILES string of the molecule is CCCN(CCC)CC1=C(c2ccc(Cl)cc2)NC2C=CC(c3ccccc3)=CN12. The quantitative estimate of drug-likeness (QED) is 0.568. The molecule has 1 N–H and O–H groups in total. The Bertz CT molecular complexity index is 938. The molecule has 156 valence electrons. The van der Waals surface area contributed by atoms with Gasteiger partial charge in [0.25, 0.3) is 0 Å². The van der Waals surface area contributed by atoms with Crippen LogP contribution in [0, 0.1) is 0 Å². The predicted octanol–water partition coefficient (Wildman–Crippen LogP) is 5.97. The first-order valence-corrected chi connectivity index (χ1v) is 11.3. The Hall–Kier alpha value is -2.49. The molecule has 2 heterocycles. The van der Waals surface area contributed by atoms with Gasteiger partial charge < -0.3 is 10.2 Å². The van der Waals surface area contributed by atoms with Gasteiger partial charge in [-0.2, -0.15) is 0 Å². The van der Waals surface area contributed by atoms with Gasteiger partial charge in [0.2, 0.25) is 0 Å². The molecular weight excluding hydrogens is 390 g/mol. The number of rotatable bonds is 8. The molecule has 0 bridgehead atoms. The van der Waals surface area contributed by atoms with E-state index in [9.17, 15) is 0 Å². The lowest BCUT2D eigenvalue weighted by molar-refractivity contribution is 0.268. The first kappa shape index (κ1) is 20.8. The Morgan fingerprint density at radius 3 is 2.30 bits per heavy atom. The van der Waals surface area contributed by atoms with Crippen molar-refractivity contribution in [1.82, 2.24) is 15.1 Å². The molecule has 0 radical (unpaired) electrons. The van der Waals surface area contributed by atoms with Crippen LogP contribution in [-0.2, 0) is 0 Å². The van der Waals surface area contributed by atoms with Gasteiger partial charge in [-0.3, -0.25) is 4.90 Å². The van der Waals surface area contributed by atoms with Crippen LogP contribution in [0.15, 0.2) is 78.6 Å². The van der Waals surface area contributed by atoms with E-state index in [0.29, 0.717) is 0 Å². The Morgan fingerprint density at radius 1 is 0.933 bits per heavy atom. The summed E-state index contributed by atoms with van der Waals surface area (Å²) in [4.78, 5) is 4.97. The average molecular weight is 420 g/mol. The van der Waals surface area contributed by atoms with Crippen molar-refractivity contribution in [3.05, 3.63) is 94.8 Å². The van der Waals surface area contributed by atoms with Gasteiger partial charge in [-0.1, -0.05) is 74.0 Å². The molecule has 0 saturated carbocycles. The molecule has 4 rings (SSSR count). The molecule has 2 aromatic rings. The lowest BCUT2D eigenvalue weighted by Gasteiger charge is -2.30. The van der Waals surface area contributed by atoms with E-state index in [-0.39, 0.29) is 6.17 Å². The Kier molecular flexibility index (Phi) is 6.61. The molecule has 2 aliphatic heterocycles. The summed E-state index contributed by atoms with van der Waals surface area (Å²) in [5, 5.41) is 4.51. The van der Waals surface area contributed by atoms with Crippen molar-refractivity contribution in [3.63, 3.8) is 0 Å². The first-order chi connectivity index (χ1) is 14.7. The molecule has 0 amide bonds. The second kappa shape index (κ2) is 9.55. The zero-order valence-electron chi connectivity index (χ0n) is 17.8. The van der Waals surface area contributed by atoms with Crippen LogP contribution in [0.25, 0.3) is 11.3 Å². The van der Waals surface area contributed by atoms with Crippen LogP contribution in [0.1, 0.15) is 37.8 Å². The molecule has 1 unspecified atom stereocenters. The third-order valence-corrected chi connectivity index (χ3v) is 5.87. The second-order valence-corrected chi connectivity index (χ2v) is 8.35. The third-order valence-electron chi connectivity index (χ3n) is 5.62. The fourth-order valence-electron chi connectivity index (χ4n) is 4.23.